The molecule has 0 unspecified atom stereocenters. The summed E-state index contributed by atoms with van der Waals surface area (Å²) < 4.78 is 0. The molecule has 18 heavy (non-hydrogen) atoms. The Kier molecular flexibility index (Phi) is 5.50. The number of hydrogen-bond donors (Lipinski definition) is 2. The van der Waals surface area contributed by atoms with Crippen LogP contribution in [-0.2, 0) is 5.75 Å². The van der Waals surface area contributed by atoms with Crippen LogP contribution in [0.1, 0.15) is 12.0 Å². The lowest BCUT2D eigenvalue weighted by Crippen LogP contribution is -2.23. The fraction of sp³-hybridized carbons (Fsp3) is 0.571. The topological polar surface area (TPSA) is 43.7 Å². The maximum atomic E-state index is 9.42. The van der Waals surface area contributed by atoms with Crippen molar-refractivity contribution >= 4 is 11.8 Å². The highest BCUT2D eigenvalue weighted by Gasteiger charge is 2.28. The molecule has 0 radical (unpaired) electrons. The predicted molar refractivity (Wildman–Crippen MR) is 75.7 cm³/mol. The van der Waals surface area contributed by atoms with Gasteiger partial charge in [0.15, 0.2) is 0 Å². The molecule has 1 fully saturated rings. The molecule has 1 aromatic carbocycles. The molecule has 0 spiro atoms. The van der Waals surface area contributed by atoms with Gasteiger partial charge >= 0.3 is 0 Å². The van der Waals surface area contributed by atoms with Gasteiger partial charge in [-0.15, -0.1) is 0 Å². The van der Waals surface area contributed by atoms with Gasteiger partial charge < -0.3 is 10.2 Å². The average Bonchev–Trinajstić information content (AvgIpc) is 2.70. The van der Waals surface area contributed by atoms with Crippen LogP contribution in [0.3, 0.4) is 0 Å². The van der Waals surface area contributed by atoms with Crippen molar-refractivity contribution in [3.63, 3.8) is 0 Å². The summed E-state index contributed by atoms with van der Waals surface area (Å²) in [7, 11) is 0. The van der Waals surface area contributed by atoms with E-state index in [4.69, 9.17) is 0 Å². The predicted octanol–water partition coefficient (Wildman–Crippen LogP) is 1.35. The summed E-state index contributed by atoms with van der Waals surface area (Å²) in [5.41, 5.74) is 1.37. The SMILES string of the molecule is O[C@@H]1CN(CCCSCc2ccccc2)C[C@@H]1O. The van der Waals surface area contributed by atoms with Crippen molar-refractivity contribution in [2.75, 3.05) is 25.4 Å². The average molecular weight is 267 g/mol. The fourth-order valence-corrected chi connectivity index (χ4v) is 3.09. The van der Waals surface area contributed by atoms with Crippen LogP contribution in [0, 0.1) is 0 Å². The Balaban J connectivity index is 1.54. The van der Waals surface area contributed by atoms with Gasteiger partial charge in [0.25, 0.3) is 0 Å². The molecule has 3 nitrogen and oxygen atoms in total. The van der Waals surface area contributed by atoms with Crippen LogP contribution in [0.25, 0.3) is 0 Å². The third-order valence-electron chi connectivity index (χ3n) is 3.21. The first-order chi connectivity index (χ1) is 8.75. The highest BCUT2D eigenvalue weighted by molar-refractivity contribution is 7.98. The molecular formula is C14H21NO2S. The number of aliphatic hydroxyl groups is 2. The van der Waals surface area contributed by atoms with Gasteiger partial charge in [-0.2, -0.15) is 11.8 Å². The fourth-order valence-electron chi connectivity index (χ4n) is 2.18. The van der Waals surface area contributed by atoms with E-state index in [9.17, 15) is 10.2 Å². The monoisotopic (exact) mass is 267 g/mol. The molecule has 0 aliphatic carbocycles. The van der Waals surface area contributed by atoms with E-state index < -0.39 is 12.2 Å². The van der Waals surface area contributed by atoms with Gasteiger partial charge in [-0.25, -0.2) is 0 Å². The van der Waals surface area contributed by atoms with Crippen LogP contribution < -0.4 is 0 Å². The van der Waals surface area contributed by atoms with Crippen molar-refractivity contribution in [2.45, 2.75) is 24.4 Å². The first-order valence-corrected chi connectivity index (χ1v) is 7.61. The van der Waals surface area contributed by atoms with E-state index in [2.05, 4.69) is 29.2 Å². The number of likely N-dealkylation sites (tertiary alicyclic amines) is 1. The lowest BCUT2D eigenvalue weighted by atomic mass is 10.2. The number of nitrogens with zero attached hydrogens (tertiary/aromatic N) is 1. The summed E-state index contributed by atoms with van der Waals surface area (Å²) in [6, 6.07) is 10.5. The van der Waals surface area contributed by atoms with E-state index in [1.54, 1.807) is 0 Å². The molecule has 2 atom stereocenters. The maximum Gasteiger partial charge on any atom is 0.0938 e. The van der Waals surface area contributed by atoms with Gasteiger partial charge in [-0.3, -0.25) is 4.90 Å². The van der Waals surface area contributed by atoms with Crippen LogP contribution >= 0.6 is 11.8 Å². The number of rotatable bonds is 6. The first-order valence-electron chi connectivity index (χ1n) is 6.46. The van der Waals surface area contributed by atoms with Crippen molar-refractivity contribution in [1.29, 1.82) is 0 Å². The number of aliphatic hydroxyl groups excluding tert-OH is 2. The summed E-state index contributed by atoms with van der Waals surface area (Å²) in [5, 5.41) is 18.8. The normalized spacial score (nSPS) is 24.6. The Hall–Kier alpha value is -0.550. The Bertz CT molecular complexity index is 337. The molecule has 4 heteroatoms. The number of β-amino-alcohol motifs (C(OH)–C–C–N with tert-alkyl or cyclic N) is 2. The van der Waals surface area contributed by atoms with E-state index >= 15 is 0 Å². The van der Waals surface area contributed by atoms with Crippen molar-refractivity contribution < 1.29 is 10.2 Å². The third kappa shape index (κ3) is 4.28. The highest BCUT2D eigenvalue weighted by atomic mass is 32.2. The molecule has 1 aromatic rings. The minimum absolute atomic E-state index is 0.554. The number of benzene rings is 1. The van der Waals surface area contributed by atoms with Gasteiger partial charge in [0, 0.05) is 18.8 Å². The Morgan fingerprint density at radius 3 is 2.44 bits per heavy atom. The smallest absolute Gasteiger partial charge is 0.0938 e. The molecular weight excluding hydrogens is 246 g/mol. The number of thioether (sulfide) groups is 1. The molecule has 100 valence electrons. The first kappa shape index (κ1) is 13.9. The van der Waals surface area contributed by atoms with Gasteiger partial charge in [0.1, 0.15) is 0 Å². The molecule has 1 aliphatic rings. The second-order valence-corrected chi connectivity index (χ2v) is 5.89. The third-order valence-corrected chi connectivity index (χ3v) is 4.32. The second-order valence-electron chi connectivity index (χ2n) is 4.79. The molecule has 1 aliphatic heterocycles. The van der Waals surface area contributed by atoms with Crippen molar-refractivity contribution in [2.24, 2.45) is 0 Å². The molecule has 2 N–H and O–H groups in total. The molecule has 1 saturated heterocycles. The molecule has 0 amide bonds. The van der Waals surface area contributed by atoms with Crippen LogP contribution in [0.4, 0.5) is 0 Å². The summed E-state index contributed by atoms with van der Waals surface area (Å²) in [6.45, 7) is 2.20. The van der Waals surface area contributed by atoms with Gasteiger partial charge in [0.05, 0.1) is 12.2 Å². The lowest BCUT2D eigenvalue weighted by Gasteiger charge is -2.13. The van der Waals surface area contributed by atoms with Crippen LogP contribution in [-0.4, -0.2) is 52.7 Å². The van der Waals surface area contributed by atoms with Gasteiger partial charge in [-0.05, 0) is 24.3 Å². The molecule has 0 bridgehead atoms. The summed E-state index contributed by atoms with van der Waals surface area (Å²) in [6.07, 6.45) is 0.000616. The zero-order chi connectivity index (χ0) is 12.8. The standard InChI is InChI=1S/C14H21NO2S/c16-13-9-15(10-14(13)17)7-4-8-18-11-12-5-2-1-3-6-12/h1-3,5-6,13-14,16-17H,4,7-11H2/t13-,14+. The van der Waals surface area contributed by atoms with Crippen molar-refractivity contribution in [3.8, 4) is 0 Å². The Labute approximate surface area is 113 Å². The van der Waals surface area contributed by atoms with Gasteiger partial charge in [0.2, 0.25) is 0 Å². The van der Waals surface area contributed by atoms with E-state index in [0.717, 1.165) is 24.5 Å². The molecule has 0 aromatic heterocycles. The molecule has 0 saturated carbocycles. The van der Waals surface area contributed by atoms with E-state index in [-0.39, 0.29) is 0 Å². The van der Waals surface area contributed by atoms with Gasteiger partial charge in [-0.1, -0.05) is 30.3 Å². The maximum absolute atomic E-state index is 9.42. The van der Waals surface area contributed by atoms with Crippen LogP contribution in [0.2, 0.25) is 0 Å². The Morgan fingerprint density at radius 2 is 1.78 bits per heavy atom. The minimum Gasteiger partial charge on any atom is -0.389 e. The van der Waals surface area contributed by atoms with E-state index in [1.165, 1.54) is 5.56 Å². The lowest BCUT2D eigenvalue weighted by molar-refractivity contribution is 0.0572. The van der Waals surface area contributed by atoms with Crippen LogP contribution in [0.15, 0.2) is 30.3 Å². The Morgan fingerprint density at radius 1 is 1.11 bits per heavy atom. The zero-order valence-corrected chi connectivity index (χ0v) is 11.4. The van der Waals surface area contributed by atoms with E-state index in [1.807, 2.05) is 17.8 Å². The second kappa shape index (κ2) is 7.14. The molecule has 1 heterocycles. The summed E-state index contributed by atoms with van der Waals surface area (Å²) in [4.78, 5) is 2.14. The number of hydrogen-bond acceptors (Lipinski definition) is 4. The minimum atomic E-state index is -0.554. The highest BCUT2D eigenvalue weighted by Crippen LogP contribution is 2.14. The summed E-state index contributed by atoms with van der Waals surface area (Å²) >= 11 is 1.94. The molecule has 2 rings (SSSR count). The summed E-state index contributed by atoms with van der Waals surface area (Å²) in [5.74, 6) is 2.18. The van der Waals surface area contributed by atoms with Crippen LogP contribution in [0.5, 0.6) is 0 Å². The van der Waals surface area contributed by atoms with E-state index in [0.29, 0.717) is 13.1 Å². The zero-order valence-electron chi connectivity index (χ0n) is 10.5. The van der Waals surface area contributed by atoms with Crippen molar-refractivity contribution in [1.82, 2.24) is 4.90 Å². The quantitative estimate of drug-likeness (QED) is 0.764. The largest absolute Gasteiger partial charge is 0.389 e. The van der Waals surface area contributed by atoms with Crippen molar-refractivity contribution in [3.05, 3.63) is 35.9 Å².